The minimum atomic E-state index is 0.313. The quantitative estimate of drug-likeness (QED) is 0.712. The van der Waals surface area contributed by atoms with Gasteiger partial charge < -0.3 is 0 Å². The molecule has 0 saturated carbocycles. The molecule has 0 heterocycles. The number of benzene rings is 1. The van der Waals surface area contributed by atoms with E-state index in [9.17, 15) is 4.79 Å². The van der Waals surface area contributed by atoms with Gasteiger partial charge in [-0.25, -0.2) is 0 Å². The molecule has 0 fully saturated rings. The van der Waals surface area contributed by atoms with Crippen LogP contribution in [0, 0.1) is 6.92 Å². The number of hydrogen-bond donors (Lipinski definition) is 0. The molecule has 3 rings (SSSR count). The van der Waals surface area contributed by atoms with Gasteiger partial charge in [0.2, 0.25) is 0 Å². The van der Waals surface area contributed by atoms with Gasteiger partial charge in [-0.1, -0.05) is 26.8 Å². The summed E-state index contributed by atoms with van der Waals surface area (Å²) in [5, 5.41) is 0. The van der Waals surface area contributed by atoms with Crippen molar-refractivity contribution in [2.24, 2.45) is 0 Å². The summed E-state index contributed by atoms with van der Waals surface area (Å²) in [5.41, 5.74) is 7.05. The van der Waals surface area contributed by atoms with Crippen LogP contribution in [0.3, 0.4) is 0 Å². The molecule has 0 aromatic heterocycles. The summed E-state index contributed by atoms with van der Waals surface area (Å²) in [5.74, 6) is 0.987. The van der Waals surface area contributed by atoms with E-state index in [4.69, 9.17) is 0 Å². The van der Waals surface area contributed by atoms with Crippen molar-refractivity contribution in [1.29, 1.82) is 0 Å². The maximum atomic E-state index is 12.1. The Morgan fingerprint density at radius 2 is 2.11 bits per heavy atom. The minimum Gasteiger partial charge on any atom is -0.294 e. The smallest absolute Gasteiger partial charge is 0.163 e. The maximum absolute atomic E-state index is 12.1. The zero-order chi connectivity index (χ0) is 13.8. The summed E-state index contributed by atoms with van der Waals surface area (Å²) >= 11 is 0. The molecule has 0 unspecified atom stereocenters. The second kappa shape index (κ2) is 4.19. The molecular weight excluding hydrogens is 232 g/mol. The first-order valence-electron chi connectivity index (χ1n) is 7.68. The summed E-state index contributed by atoms with van der Waals surface area (Å²) in [6, 6.07) is 2.33. The molecule has 19 heavy (non-hydrogen) atoms. The standard InChI is InChI=1S/C18H24O/c1-5-18(4)9-8-11(2)16-13-6-7-15(19)17(13)12(3)10-14(16)18/h10-11H,5-9H2,1-4H3/t11-,18-/m1/s1. The molecule has 2 atom stereocenters. The van der Waals surface area contributed by atoms with Crippen LogP contribution in [-0.2, 0) is 11.8 Å². The van der Waals surface area contributed by atoms with Gasteiger partial charge in [-0.15, -0.1) is 0 Å². The lowest BCUT2D eigenvalue weighted by atomic mass is 9.65. The zero-order valence-electron chi connectivity index (χ0n) is 12.6. The monoisotopic (exact) mass is 256 g/mol. The summed E-state index contributed by atoms with van der Waals surface area (Å²) in [6.07, 6.45) is 5.44. The van der Waals surface area contributed by atoms with Crippen LogP contribution in [0.1, 0.15) is 85.0 Å². The zero-order valence-corrected chi connectivity index (χ0v) is 12.6. The van der Waals surface area contributed by atoms with E-state index in [2.05, 4.69) is 33.8 Å². The number of carbonyl (C=O) groups excluding carboxylic acids is 1. The van der Waals surface area contributed by atoms with Crippen molar-refractivity contribution in [3.63, 3.8) is 0 Å². The first-order valence-corrected chi connectivity index (χ1v) is 7.68. The minimum absolute atomic E-state index is 0.313. The molecule has 2 aliphatic rings. The molecule has 1 aromatic carbocycles. The highest BCUT2D eigenvalue weighted by atomic mass is 16.1. The van der Waals surface area contributed by atoms with Crippen molar-refractivity contribution in [1.82, 2.24) is 0 Å². The lowest BCUT2D eigenvalue weighted by molar-refractivity contribution is 0.0994. The Kier molecular flexibility index (Phi) is 2.85. The van der Waals surface area contributed by atoms with Gasteiger partial charge in [0.15, 0.2) is 5.78 Å². The third kappa shape index (κ3) is 1.70. The molecule has 102 valence electrons. The molecule has 0 spiro atoms. The number of Topliss-reactive ketones (excluding diaryl/α,β-unsaturated/α-hetero) is 1. The van der Waals surface area contributed by atoms with Crippen LogP contribution in [-0.4, -0.2) is 5.78 Å². The average Bonchev–Trinajstić information content (AvgIpc) is 2.77. The van der Waals surface area contributed by atoms with Gasteiger partial charge in [-0.2, -0.15) is 0 Å². The number of ketones is 1. The fourth-order valence-electron chi connectivity index (χ4n) is 4.16. The van der Waals surface area contributed by atoms with Gasteiger partial charge in [0, 0.05) is 12.0 Å². The van der Waals surface area contributed by atoms with Gasteiger partial charge in [0.05, 0.1) is 0 Å². The molecule has 0 saturated heterocycles. The van der Waals surface area contributed by atoms with Gasteiger partial charge >= 0.3 is 0 Å². The number of carbonyl (C=O) groups is 1. The Bertz CT molecular complexity index is 555. The van der Waals surface area contributed by atoms with Crippen molar-refractivity contribution in [3.05, 3.63) is 33.9 Å². The lowest BCUT2D eigenvalue weighted by Gasteiger charge is -2.40. The highest BCUT2D eigenvalue weighted by molar-refractivity contribution is 6.02. The normalized spacial score (nSPS) is 29.3. The number of rotatable bonds is 1. The first-order chi connectivity index (χ1) is 8.98. The van der Waals surface area contributed by atoms with Crippen molar-refractivity contribution >= 4 is 5.78 Å². The third-order valence-corrected chi connectivity index (χ3v) is 5.61. The fourth-order valence-corrected chi connectivity index (χ4v) is 4.16. The topological polar surface area (TPSA) is 17.1 Å². The highest BCUT2D eigenvalue weighted by Gasteiger charge is 2.38. The van der Waals surface area contributed by atoms with Gasteiger partial charge in [-0.05, 0) is 66.2 Å². The van der Waals surface area contributed by atoms with E-state index in [1.165, 1.54) is 36.0 Å². The van der Waals surface area contributed by atoms with E-state index in [0.29, 0.717) is 17.1 Å². The second-order valence-electron chi connectivity index (χ2n) is 6.79. The molecule has 1 nitrogen and oxygen atoms in total. The van der Waals surface area contributed by atoms with Crippen LogP contribution >= 0.6 is 0 Å². The van der Waals surface area contributed by atoms with E-state index < -0.39 is 0 Å². The second-order valence-corrected chi connectivity index (χ2v) is 6.79. The molecular formula is C18H24O. The fraction of sp³-hybridized carbons (Fsp3) is 0.611. The number of fused-ring (bicyclic) bond motifs is 3. The lowest BCUT2D eigenvalue weighted by Crippen LogP contribution is -2.29. The van der Waals surface area contributed by atoms with Gasteiger partial charge in [0.25, 0.3) is 0 Å². The highest BCUT2D eigenvalue weighted by Crippen LogP contribution is 2.48. The molecule has 1 heteroatoms. The Balaban J connectivity index is 2.31. The van der Waals surface area contributed by atoms with Crippen molar-refractivity contribution in [3.8, 4) is 0 Å². The van der Waals surface area contributed by atoms with E-state index in [1.54, 1.807) is 5.56 Å². The van der Waals surface area contributed by atoms with E-state index in [-0.39, 0.29) is 0 Å². The Labute approximate surface area is 116 Å². The molecule has 0 radical (unpaired) electrons. The summed E-state index contributed by atoms with van der Waals surface area (Å²) in [6.45, 7) is 9.16. The number of hydrogen-bond acceptors (Lipinski definition) is 1. The van der Waals surface area contributed by atoms with Crippen LogP contribution in [0.15, 0.2) is 6.07 Å². The predicted octanol–water partition coefficient (Wildman–Crippen LogP) is 4.69. The van der Waals surface area contributed by atoms with Crippen LogP contribution in [0.4, 0.5) is 0 Å². The first kappa shape index (κ1) is 12.9. The van der Waals surface area contributed by atoms with Crippen molar-refractivity contribution < 1.29 is 4.79 Å². The molecule has 0 amide bonds. The SMILES string of the molecule is CC[C@]1(C)CC[C@@H](C)c2c1cc(C)c1c2CCC1=O. The van der Waals surface area contributed by atoms with E-state index >= 15 is 0 Å². The van der Waals surface area contributed by atoms with Crippen molar-refractivity contribution in [2.45, 2.75) is 71.1 Å². The average molecular weight is 256 g/mol. The molecule has 0 bridgehead atoms. The van der Waals surface area contributed by atoms with Crippen molar-refractivity contribution in [2.75, 3.05) is 0 Å². The summed E-state index contributed by atoms with van der Waals surface area (Å²) in [7, 11) is 0. The largest absolute Gasteiger partial charge is 0.294 e. The molecule has 1 aromatic rings. The Hall–Kier alpha value is -1.11. The molecule has 0 N–H and O–H groups in total. The molecule has 2 aliphatic carbocycles. The van der Waals surface area contributed by atoms with Crippen LogP contribution < -0.4 is 0 Å². The Morgan fingerprint density at radius 3 is 2.79 bits per heavy atom. The van der Waals surface area contributed by atoms with Crippen LogP contribution in [0.5, 0.6) is 0 Å². The van der Waals surface area contributed by atoms with Crippen LogP contribution in [0.2, 0.25) is 0 Å². The van der Waals surface area contributed by atoms with Gasteiger partial charge in [0.1, 0.15) is 0 Å². The maximum Gasteiger partial charge on any atom is 0.163 e. The van der Waals surface area contributed by atoms with Gasteiger partial charge in [-0.3, -0.25) is 4.79 Å². The van der Waals surface area contributed by atoms with E-state index in [0.717, 1.165) is 18.4 Å². The predicted molar refractivity (Wildman–Crippen MR) is 79.1 cm³/mol. The van der Waals surface area contributed by atoms with E-state index in [1.807, 2.05) is 0 Å². The van der Waals surface area contributed by atoms with Crippen LogP contribution in [0.25, 0.3) is 0 Å². The summed E-state index contributed by atoms with van der Waals surface area (Å²) in [4.78, 5) is 12.1. The third-order valence-electron chi connectivity index (χ3n) is 5.61. The number of aryl methyl sites for hydroxylation is 1. The Morgan fingerprint density at radius 1 is 1.37 bits per heavy atom. The summed E-state index contributed by atoms with van der Waals surface area (Å²) < 4.78 is 0. The molecule has 0 aliphatic heterocycles.